The highest BCUT2D eigenvalue weighted by Crippen LogP contribution is 2.33. The molecule has 0 saturated carbocycles. The first-order valence-electron chi connectivity index (χ1n) is 6.63. The fourth-order valence-corrected chi connectivity index (χ4v) is 2.59. The van der Waals surface area contributed by atoms with Crippen molar-refractivity contribution in [3.05, 3.63) is 58.7 Å². The standard InChI is InChI=1S/C16H14F2N2O/c1-9-6-10-4-5-20(15(10)8-14(9)19)16(21)12-7-11(17)2-3-13(12)18/h2-3,6-8H,4-5,19H2,1H3. The van der Waals surface area contributed by atoms with Crippen molar-refractivity contribution in [2.24, 2.45) is 0 Å². The predicted octanol–water partition coefficient (Wildman–Crippen LogP) is 3.06. The maximum atomic E-state index is 13.8. The van der Waals surface area contributed by atoms with Crippen molar-refractivity contribution in [3.63, 3.8) is 0 Å². The van der Waals surface area contributed by atoms with Gasteiger partial charge in [-0.25, -0.2) is 8.78 Å². The van der Waals surface area contributed by atoms with Gasteiger partial charge < -0.3 is 10.6 Å². The van der Waals surface area contributed by atoms with Gasteiger partial charge in [0, 0.05) is 17.9 Å². The number of amides is 1. The third-order valence-electron chi connectivity index (χ3n) is 3.77. The molecule has 0 unspecified atom stereocenters. The first-order chi connectivity index (χ1) is 9.97. The molecule has 3 nitrogen and oxygen atoms in total. The summed E-state index contributed by atoms with van der Waals surface area (Å²) < 4.78 is 27.0. The van der Waals surface area contributed by atoms with E-state index in [2.05, 4.69) is 0 Å². The molecule has 0 atom stereocenters. The van der Waals surface area contributed by atoms with Gasteiger partial charge in [-0.05, 0) is 48.7 Å². The number of nitrogens with zero attached hydrogens (tertiary/aromatic N) is 1. The molecule has 0 radical (unpaired) electrons. The molecule has 1 aliphatic heterocycles. The molecule has 108 valence electrons. The number of nitrogens with two attached hydrogens (primary N) is 1. The van der Waals surface area contributed by atoms with Gasteiger partial charge >= 0.3 is 0 Å². The Morgan fingerprint density at radius 2 is 2.00 bits per heavy atom. The molecule has 0 saturated heterocycles. The summed E-state index contributed by atoms with van der Waals surface area (Å²) in [5.74, 6) is -1.91. The molecule has 21 heavy (non-hydrogen) atoms. The lowest BCUT2D eigenvalue weighted by atomic mass is 10.1. The van der Waals surface area contributed by atoms with Gasteiger partial charge in [-0.2, -0.15) is 0 Å². The van der Waals surface area contributed by atoms with Gasteiger partial charge in [0.25, 0.3) is 5.91 Å². The first-order valence-corrected chi connectivity index (χ1v) is 6.63. The highest BCUT2D eigenvalue weighted by molar-refractivity contribution is 6.07. The van der Waals surface area contributed by atoms with Crippen LogP contribution in [0.25, 0.3) is 0 Å². The van der Waals surface area contributed by atoms with Gasteiger partial charge in [0.05, 0.1) is 5.56 Å². The molecule has 5 heteroatoms. The fraction of sp³-hybridized carbons (Fsp3) is 0.188. The van der Waals surface area contributed by atoms with Crippen LogP contribution in [0.3, 0.4) is 0 Å². The third-order valence-corrected chi connectivity index (χ3v) is 3.77. The van der Waals surface area contributed by atoms with Crippen LogP contribution in [0.5, 0.6) is 0 Å². The molecule has 1 heterocycles. The first kappa shape index (κ1) is 13.5. The molecule has 2 N–H and O–H groups in total. The second-order valence-corrected chi connectivity index (χ2v) is 5.17. The Morgan fingerprint density at radius 1 is 1.24 bits per heavy atom. The fourth-order valence-electron chi connectivity index (χ4n) is 2.59. The van der Waals surface area contributed by atoms with E-state index >= 15 is 0 Å². The summed E-state index contributed by atoms with van der Waals surface area (Å²) in [7, 11) is 0. The lowest BCUT2D eigenvalue weighted by Crippen LogP contribution is -2.29. The summed E-state index contributed by atoms with van der Waals surface area (Å²) >= 11 is 0. The van der Waals surface area contributed by atoms with Crippen LogP contribution in [-0.4, -0.2) is 12.5 Å². The van der Waals surface area contributed by atoms with Crippen molar-refractivity contribution >= 4 is 17.3 Å². The quantitative estimate of drug-likeness (QED) is 0.820. The largest absolute Gasteiger partial charge is 0.398 e. The summed E-state index contributed by atoms with van der Waals surface area (Å²) in [4.78, 5) is 13.9. The number of halogens is 2. The van der Waals surface area contributed by atoms with E-state index in [1.54, 1.807) is 6.07 Å². The normalized spacial score (nSPS) is 13.4. The Bertz CT molecular complexity index is 743. The number of anilines is 2. The number of hydrogen-bond donors (Lipinski definition) is 1. The van der Waals surface area contributed by atoms with Crippen molar-refractivity contribution in [1.82, 2.24) is 0 Å². The number of aryl methyl sites for hydroxylation is 1. The highest BCUT2D eigenvalue weighted by Gasteiger charge is 2.28. The predicted molar refractivity (Wildman–Crippen MR) is 77.3 cm³/mol. The molecular weight excluding hydrogens is 274 g/mol. The van der Waals surface area contributed by atoms with E-state index in [-0.39, 0.29) is 5.56 Å². The molecule has 0 spiro atoms. The van der Waals surface area contributed by atoms with Crippen molar-refractivity contribution in [2.75, 3.05) is 17.2 Å². The molecule has 0 bridgehead atoms. The van der Waals surface area contributed by atoms with Gasteiger partial charge in [-0.15, -0.1) is 0 Å². The SMILES string of the molecule is Cc1cc2c(cc1N)N(C(=O)c1cc(F)ccc1F)CC2. The number of hydrogen-bond acceptors (Lipinski definition) is 2. The minimum atomic E-state index is -0.727. The van der Waals surface area contributed by atoms with E-state index in [0.717, 1.165) is 29.3 Å². The van der Waals surface area contributed by atoms with Gasteiger partial charge in [0.1, 0.15) is 11.6 Å². The second-order valence-electron chi connectivity index (χ2n) is 5.17. The smallest absolute Gasteiger partial charge is 0.261 e. The maximum Gasteiger partial charge on any atom is 0.261 e. The maximum absolute atomic E-state index is 13.8. The molecule has 0 aliphatic carbocycles. The molecule has 2 aromatic carbocycles. The zero-order chi connectivity index (χ0) is 15.1. The average Bonchev–Trinajstić information content (AvgIpc) is 2.84. The molecule has 1 aliphatic rings. The van der Waals surface area contributed by atoms with Crippen molar-refractivity contribution in [2.45, 2.75) is 13.3 Å². The van der Waals surface area contributed by atoms with Crippen LogP contribution in [0.15, 0.2) is 30.3 Å². The van der Waals surface area contributed by atoms with E-state index in [9.17, 15) is 13.6 Å². The number of carbonyl (C=O) groups excluding carboxylic acids is 1. The Morgan fingerprint density at radius 3 is 2.76 bits per heavy atom. The van der Waals surface area contributed by atoms with Crippen LogP contribution in [0.4, 0.5) is 20.2 Å². The summed E-state index contributed by atoms with van der Waals surface area (Å²) in [6.45, 7) is 2.33. The van der Waals surface area contributed by atoms with Gasteiger partial charge in [0.15, 0.2) is 0 Å². The Balaban J connectivity index is 2.02. The Labute approximate surface area is 121 Å². The molecule has 0 aromatic heterocycles. The van der Waals surface area contributed by atoms with Crippen LogP contribution in [-0.2, 0) is 6.42 Å². The minimum Gasteiger partial charge on any atom is -0.398 e. The van der Waals surface area contributed by atoms with Crippen molar-refractivity contribution in [1.29, 1.82) is 0 Å². The lowest BCUT2D eigenvalue weighted by molar-refractivity contribution is 0.0985. The van der Waals surface area contributed by atoms with E-state index < -0.39 is 17.5 Å². The summed E-state index contributed by atoms with van der Waals surface area (Å²) in [5, 5.41) is 0. The van der Waals surface area contributed by atoms with E-state index in [4.69, 9.17) is 5.73 Å². The Hall–Kier alpha value is -2.43. The number of fused-ring (bicyclic) bond motifs is 1. The van der Waals surface area contributed by atoms with E-state index in [1.165, 1.54) is 4.90 Å². The number of carbonyl (C=O) groups is 1. The van der Waals surface area contributed by atoms with Crippen LogP contribution >= 0.6 is 0 Å². The third kappa shape index (κ3) is 2.24. The molecule has 2 aromatic rings. The van der Waals surface area contributed by atoms with E-state index in [1.807, 2.05) is 13.0 Å². The topological polar surface area (TPSA) is 46.3 Å². The molecular formula is C16H14F2N2O. The molecule has 0 fully saturated rings. The monoisotopic (exact) mass is 288 g/mol. The zero-order valence-electron chi connectivity index (χ0n) is 11.5. The Kier molecular flexibility index (Phi) is 3.12. The minimum absolute atomic E-state index is 0.262. The number of benzene rings is 2. The van der Waals surface area contributed by atoms with Crippen LogP contribution in [0.2, 0.25) is 0 Å². The average molecular weight is 288 g/mol. The second kappa shape index (κ2) is 4.84. The zero-order valence-corrected chi connectivity index (χ0v) is 11.5. The van der Waals surface area contributed by atoms with Crippen LogP contribution in [0.1, 0.15) is 21.5 Å². The lowest BCUT2D eigenvalue weighted by Gasteiger charge is -2.18. The van der Waals surface area contributed by atoms with Gasteiger partial charge in [0.2, 0.25) is 0 Å². The summed E-state index contributed by atoms with van der Waals surface area (Å²) in [6.07, 6.45) is 0.680. The molecule has 1 amide bonds. The summed E-state index contributed by atoms with van der Waals surface area (Å²) in [6, 6.07) is 6.52. The van der Waals surface area contributed by atoms with Crippen LogP contribution in [0, 0.1) is 18.6 Å². The van der Waals surface area contributed by atoms with Gasteiger partial charge in [-0.1, -0.05) is 6.07 Å². The van der Waals surface area contributed by atoms with Gasteiger partial charge in [-0.3, -0.25) is 4.79 Å². The number of nitrogen functional groups attached to an aromatic ring is 1. The number of rotatable bonds is 1. The summed E-state index contributed by atoms with van der Waals surface area (Å²) in [5.41, 5.74) is 8.80. The van der Waals surface area contributed by atoms with Crippen molar-refractivity contribution < 1.29 is 13.6 Å². The van der Waals surface area contributed by atoms with Crippen LogP contribution < -0.4 is 10.6 Å². The van der Waals surface area contributed by atoms with Crippen molar-refractivity contribution in [3.8, 4) is 0 Å². The molecule has 3 rings (SSSR count). The van der Waals surface area contributed by atoms with E-state index in [0.29, 0.717) is 24.3 Å². The highest BCUT2D eigenvalue weighted by atomic mass is 19.1.